The van der Waals surface area contributed by atoms with Crippen molar-refractivity contribution in [2.24, 2.45) is 5.73 Å². The predicted molar refractivity (Wildman–Crippen MR) is 54.7 cm³/mol. The van der Waals surface area contributed by atoms with Crippen LogP contribution in [-0.2, 0) is 10.3 Å². The highest BCUT2D eigenvalue weighted by molar-refractivity contribution is 5.06. The standard InChI is InChI=1S/C10H14F3N3O2/c1-9(14,10(11,12)13)8-15-7(16-18-8)6-2-4-17-5-3-6/h6H,2-5,14H2,1H3. The minimum absolute atomic E-state index is 0.0275. The number of alkyl halides is 3. The van der Waals surface area contributed by atoms with E-state index in [2.05, 4.69) is 14.7 Å². The maximum Gasteiger partial charge on any atom is 0.415 e. The molecule has 1 unspecified atom stereocenters. The Hall–Kier alpha value is -1.15. The van der Waals surface area contributed by atoms with E-state index in [0.29, 0.717) is 26.1 Å². The molecule has 1 aromatic rings. The van der Waals surface area contributed by atoms with Crippen LogP contribution in [0.15, 0.2) is 4.52 Å². The van der Waals surface area contributed by atoms with Gasteiger partial charge in [-0.05, 0) is 19.8 Å². The topological polar surface area (TPSA) is 74.2 Å². The number of ether oxygens (including phenoxy) is 1. The van der Waals surface area contributed by atoms with Gasteiger partial charge in [-0.2, -0.15) is 18.2 Å². The molecule has 0 bridgehead atoms. The Labute approximate surface area is 101 Å². The van der Waals surface area contributed by atoms with E-state index >= 15 is 0 Å². The molecule has 0 saturated carbocycles. The van der Waals surface area contributed by atoms with E-state index in [1.54, 1.807) is 0 Å². The minimum Gasteiger partial charge on any atom is -0.381 e. The van der Waals surface area contributed by atoms with Crippen molar-refractivity contribution >= 4 is 0 Å². The summed E-state index contributed by atoms with van der Waals surface area (Å²) in [4.78, 5) is 3.79. The molecule has 5 nitrogen and oxygen atoms in total. The van der Waals surface area contributed by atoms with Gasteiger partial charge in [-0.15, -0.1) is 0 Å². The van der Waals surface area contributed by atoms with Crippen molar-refractivity contribution in [2.75, 3.05) is 13.2 Å². The van der Waals surface area contributed by atoms with Gasteiger partial charge >= 0.3 is 6.18 Å². The van der Waals surface area contributed by atoms with E-state index in [4.69, 9.17) is 10.5 Å². The Morgan fingerprint density at radius 2 is 1.89 bits per heavy atom. The average Bonchev–Trinajstić information content (AvgIpc) is 2.78. The highest BCUT2D eigenvalue weighted by Crippen LogP contribution is 2.36. The van der Waals surface area contributed by atoms with Crippen molar-refractivity contribution in [3.05, 3.63) is 11.7 Å². The van der Waals surface area contributed by atoms with E-state index in [1.807, 2.05) is 0 Å². The highest BCUT2D eigenvalue weighted by atomic mass is 19.4. The van der Waals surface area contributed by atoms with Gasteiger partial charge < -0.3 is 15.0 Å². The molecule has 1 aromatic heterocycles. The lowest BCUT2D eigenvalue weighted by Gasteiger charge is -2.23. The van der Waals surface area contributed by atoms with Gasteiger partial charge in [-0.3, -0.25) is 0 Å². The van der Waals surface area contributed by atoms with Gasteiger partial charge in [0, 0.05) is 19.1 Å². The number of halogens is 3. The van der Waals surface area contributed by atoms with Gasteiger partial charge in [0.05, 0.1) is 0 Å². The van der Waals surface area contributed by atoms with E-state index in [9.17, 15) is 13.2 Å². The largest absolute Gasteiger partial charge is 0.415 e. The Balaban J connectivity index is 2.19. The van der Waals surface area contributed by atoms with Crippen LogP contribution in [0.25, 0.3) is 0 Å². The van der Waals surface area contributed by atoms with Crippen LogP contribution in [0, 0.1) is 0 Å². The zero-order valence-corrected chi connectivity index (χ0v) is 9.83. The number of rotatable bonds is 2. The SMILES string of the molecule is CC(N)(c1nc(C2CCOCC2)no1)C(F)(F)F. The van der Waals surface area contributed by atoms with Crippen molar-refractivity contribution in [3.8, 4) is 0 Å². The number of nitrogens with zero attached hydrogens (tertiary/aromatic N) is 2. The summed E-state index contributed by atoms with van der Waals surface area (Å²) in [5, 5.41) is 3.60. The Morgan fingerprint density at radius 1 is 1.28 bits per heavy atom. The first-order valence-corrected chi connectivity index (χ1v) is 5.60. The fourth-order valence-electron chi connectivity index (χ4n) is 1.69. The molecule has 102 valence electrons. The van der Waals surface area contributed by atoms with Crippen molar-refractivity contribution in [1.29, 1.82) is 0 Å². The average molecular weight is 265 g/mol. The molecule has 1 aliphatic heterocycles. The third-order valence-corrected chi connectivity index (χ3v) is 3.06. The maximum atomic E-state index is 12.7. The molecule has 2 rings (SSSR count). The zero-order chi connectivity index (χ0) is 13.4. The monoisotopic (exact) mass is 265 g/mol. The van der Waals surface area contributed by atoms with Crippen molar-refractivity contribution in [2.45, 2.75) is 37.4 Å². The van der Waals surface area contributed by atoms with Crippen LogP contribution in [0.4, 0.5) is 13.2 Å². The van der Waals surface area contributed by atoms with E-state index < -0.39 is 17.6 Å². The van der Waals surface area contributed by atoms with Crippen LogP contribution >= 0.6 is 0 Å². The van der Waals surface area contributed by atoms with Crippen LogP contribution in [0.1, 0.15) is 37.4 Å². The molecule has 8 heteroatoms. The van der Waals surface area contributed by atoms with Gasteiger partial charge in [-0.25, -0.2) is 0 Å². The molecule has 2 heterocycles. The Bertz CT molecular complexity index is 411. The summed E-state index contributed by atoms with van der Waals surface area (Å²) < 4.78 is 47.9. The molecule has 18 heavy (non-hydrogen) atoms. The van der Waals surface area contributed by atoms with Gasteiger partial charge in [0.1, 0.15) is 0 Å². The summed E-state index contributed by atoms with van der Waals surface area (Å²) in [5.41, 5.74) is 2.59. The van der Waals surface area contributed by atoms with E-state index in [1.165, 1.54) is 0 Å². The molecule has 0 amide bonds. The third-order valence-electron chi connectivity index (χ3n) is 3.06. The quantitative estimate of drug-likeness (QED) is 0.881. The number of aromatic nitrogens is 2. The molecular weight excluding hydrogens is 251 g/mol. The zero-order valence-electron chi connectivity index (χ0n) is 9.83. The number of hydrogen-bond acceptors (Lipinski definition) is 5. The fourth-order valence-corrected chi connectivity index (χ4v) is 1.69. The Morgan fingerprint density at radius 3 is 2.44 bits per heavy atom. The molecule has 0 aromatic carbocycles. The third kappa shape index (κ3) is 2.35. The molecule has 1 atom stereocenters. The van der Waals surface area contributed by atoms with Crippen molar-refractivity contribution < 1.29 is 22.4 Å². The molecule has 1 aliphatic rings. The second kappa shape index (κ2) is 4.51. The summed E-state index contributed by atoms with van der Waals surface area (Å²) in [6, 6.07) is 0. The molecular formula is C10H14F3N3O2. The van der Waals surface area contributed by atoms with Crippen LogP contribution in [0.3, 0.4) is 0 Å². The van der Waals surface area contributed by atoms with Gasteiger partial charge in [-0.1, -0.05) is 5.16 Å². The maximum absolute atomic E-state index is 12.7. The van der Waals surface area contributed by atoms with Gasteiger partial charge in [0.25, 0.3) is 5.89 Å². The van der Waals surface area contributed by atoms with E-state index in [-0.39, 0.29) is 11.7 Å². The van der Waals surface area contributed by atoms with Crippen LogP contribution < -0.4 is 5.73 Å². The smallest absolute Gasteiger partial charge is 0.381 e. The van der Waals surface area contributed by atoms with Crippen LogP contribution in [0.2, 0.25) is 0 Å². The molecule has 1 saturated heterocycles. The lowest BCUT2D eigenvalue weighted by Crippen LogP contribution is -2.48. The molecule has 0 spiro atoms. The minimum atomic E-state index is -4.63. The first-order chi connectivity index (χ1) is 8.32. The molecule has 1 fully saturated rings. The summed E-state index contributed by atoms with van der Waals surface area (Å²) in [6.07, 6.45) is -3.29. The molecule has 0 radical (unpaired) electrons. The first kappa shape index (κ1) is 13.3. The lowest BCUT2D eigenvalue weighted by molar-refractivity contribution is -0.190. The number of hydrogen-bond donors (Lipinski definition) is 1. The summed E-state index contributed by atoms with van der Waals surface area (Å²) in [6.45, 7) is 1.91. The molecule has 2 N–H and O–H groups in total. The predicted octanol–water partition coefficient (Wildman–Crippen LogP) is 1.70. The fraction of sp³-hybridized carbons (Fsp3) is 0.800. The molecule has 0 aliphatic carbocycles. The second-order valence-electron chi connectivity index (χ2n) is 4.54. The Kier molecular flexibility index (Phi) is 3.33. The first-order valence-electron chi connectivity index (χ1n) is 5.60. The van der Waals surface area contributed by atoms with E-state index in [0.717, 1.165) is 6.92 Å². The normalized spacial score (nSPS) is 21.8. The number of nitrogens with two attached hydrogens (primary N) is 1. The summed E-state index contributed by atoms with van der Waals surface area (Å²) >= 11 is 0. The second-order valence-corrected chi connectivity index (χ2v) is 4.54. The van der Waals surface area contributed by atoms with Gasteiger partial charge in [0.2, 0.25) is 0 Å². The summed E-state index contributed by atoms with van der Waals surface area (Å²) in [5.74, 6) is -0.356. The summed E-state index contributed by atoms with van der Waals surface area (Å²) in [7, 11) is 0. The van der Waals surface area contributed by atoms with Crippen LogP contribution in [-0.4, -0.2) is 29.5 Å². The van der Waals surface area contributed by atoms with Crippen LogP contribution in [0.5, 0.6) is 0 Å². The lowest BCUT2D eigenvalue weighted by atomic mass is 9.99. The highest BCUT2D eigenvalue weighted by Gasteiger charge is 2.53. The van der Waals surface area contributed by atoms with Gasteiger partial charge in [0.15, 0.2) is 11.4 Å². The van der Waals surface area contributed by atoms with Crippen molar-refractivity contribution in [3.63, 3.8) is 0 Å². The van der Waals surface area contributed by atoms with Crippen molar-refractivity contribution in [1.82, 2.24) is 10.1 Å².